The smallest absolute Gasteiger partial charge is 0.243 e. The van der Waals surface area contributed by atoms with Crippen LogP contribution in [0.1, 0.15) is 28.7 Å². The molecule has 6 nitrogen and oxygen atoms in total. The minimum absolute atomic E-state index is 0.0158. The molecule has 3 heterocycles. The van der Waals surface area contributed by atoms with Gasteiger partial charge in [0.15, 0.2) is 0 Å². The Hall–Kier alpha value is -3.67. The second kappa shape index (κ2) is 8.70. The third kappa shape index (κ3) is 4.21. The van der Waals surface area contributed by atoms with E-state index in [1.54, 1.807) is 18.2 Å². The Balaban J connectivity index is 1.36. The molecule has 1 aromatic heterocycles. The van der Waals surface area contributed by atoms with Crippen molar-refractivity contribution in [3.63, 3.8) is 0 Å². The van der Waals surface area contributed by atoms with Crippen molar-refractivity contribution in [2.75, 3.05) is 25.1 Å². The first-order valence-electron chi connectivity index (χ1n) is 11.3. The van der Waals surface area contributed by atoms with E-state index in [1.165, 1.54) is 11.1 Å². The van der Waals surface area contributed by atoms with Gasteiger partial charge in [0.2, 0.25) is 11.8 Å². The van der Waals surface area contributed by atoms with Crippen molar-refractivity contribution in [1.29, 1.82) is 0 Å². The molecule has 0 radical (unpaired) electrons. The lowest BCUT2D eigenvalue weighted by Crippen LogP contribution is -2.46. The summed E-state index contributed by atoms with van der Waals surface area (Å²) in [4.78, 5) is 34.0. The highest BCUT2D eigenvalue weighted by Gasteiger charge is 2.30. The number of ether oxygens (including phenoxy) is 1. The summed E-state index contributed by atoms with van der Waals surface area (Å²) in [5, 5.41) is 0. The van der Waals surface area contributed by atoms with Gasteiger partial charge in [-0.15, -0.1) is 0 Å². The lowest BCUT2D eigenvalue weighted by Gasteiger charge is -2.33. The molecule has 0 spiro atoms. The lowest BCUT2D eigenvalue weighted by atomic mass is 9.98. The molecule has 5 rings (SSSR count). The van der Waals surface area contributed by atoms with Crippen LogP contribution in [-0.4, -0.2) is 41.9 Å². The zero-order chi connectivity index (χ0) is 22.9. The van der Waals surface area contributed by atoms with Crippen LogP contribution in [0.4, 0.5) is 5.82 Å². The van der Waals surface area contributed by atoms with E-state index >= 15 is 0 Å². The van der Waals surface area contributed by atoms with E-state index in [9.17, 15) is 9.59 Å². The van der Waals surface area contributed by atoms with Crippen LogP contribution in [0.2, 0.25) is 0 Å². The number of hydrogen-bond donors (Lipinski definition) is 0. The second-order valence-electron chi connectivity index (χ2n) is 8.76. The molecule has 0 aliphatic carbocycles. The number of hydrogen-bond acceptors (Lipinski definition) is 4. The van der Waals surface area contributed by atoms with Crippen molar-refractivity contribution in [1.82, 2.24) is 9.88 Å². The summed E-state index contributed by atoms with van der Waals surface area (Å²) in [5.41, 5.74) is 6.67. The fourth-order valence-corrected chi connectivity index (χ4v) is 4.68. The molecule has 3 aromatic rings. The van der Waals surface area contributed by atoms with Gasteiger partial charge in [0, 0.05) is 31.3 Å². The summed E-state index contributed by atoms with van der Waals surface area (Å²) in [6.07, 6.45) is 3.63. The maximum absolute atomic E-state index is 13.2. The van der Waals surface area contributed by atoms with Gasteiger partial charge in [-0.05, 0) is 60.2 Å². The molecule has 0 bridgehead atoms. The number of pyridine rings is 1. The van der Waals surface area contributed by atoms with Crippen LogP contribution < -0.4 is 9.64 Å². The van der Waals surface area contributed by atoms with Crippen LogP contribution in [0.15, 0.2) is 54.7 Å². The number of aryl methyl sites for hydroxylation is 2. The molecular formula is C27H27N3O3. The molecule has 0 atom stereocenters. The van der Waals surface area contributed by atoms with Gasteiger partial charge in [-0.1, -0.05) is 35.9 Å². The number of amides is 2. The molecule has 2 aromatic carbocycles. The lowest BCUT2D eigenvalue weighted by molar-refractivity contribution is -0.132. The fourth-order valence-electron chi connectivity index (χ4n) is 4.68. The number of benzene rings is 2. The Labute approximate surface area is 193 Å². The van der Waals surface area contributed by atoms with Gasteiger partial charge in [0.1, 0.15) is 18.1 Å². The van der Waals surface area contributed by atoms with E-state index in [0.717, 1.165) is 34.4 Å². The molecule has 0 saturated carbocycles. The average Bonchev–Trinajstić information content (AvgIpc) is 2.84. The monoisotopic (exact) mass is 441 g/mol. The van der Waals surface area contributed by atoms with Gasteiger partial charge in [-0.25, -0.2) is 4.98 Å². The number of anilines is 1. The van der Waals surface area contributed by atoms with Gasteiger partial charge in [-0.2, -0.15) is 0 Å². The number of carbonyl (C=O) groups is 2. The first-order chi connectivity index (χ1) is 16.0. The fraction of sp³-hybridized carbons (Fsp3) is 0.296. The van der Waals surface area contributed by atoms with E-state index < -0.39 is 0 Å². The first kappa shape index (κ1) is 21.2. The minimum atomic E-state index is -0.0609. The summed E-state index contributed by atoms with van der Waals surface area (Å²) < 4.78 is 5.33. The minimum Gasteiger partial charge on any atom is -0.497 e. The highest BCUT2D eigenvalue weighted by Crippen LogP contribution is 2.31. The van der Waals surface area contributed by atoms with Crippen molar-refractivity contribution in [2.24, 2.45) is 0 Å². The molecule has 0 fully saturated rings. The van der Waals surface area contributed by atoms with Gasteiger partial charge >= 0.3 is 0 Å². The molecule has 33 heavy (non-hydrogen) atoms. The normalized spacial score (nSPS) is 15.2. The summed E-state index contributed by atoms with van der Waals surface area (Å²) in [7, 11) is 1.64. The van der Waals surface area contributed by atoms with Crippen LogP contribution in [0.25, 0.3) is 11.1 Å². The molecule has 2 aliphatic rings. The number of nitrogens with zero attached hydrogens (tertiary/aromatic N) is 3. The van der Waals surface area contributed by atoms with Crippen LogP contribution in [0.5, 0.6) is 5.75 Å². The van der Waals surface area contributed by atoms with Gasteiger partial charge in [0.25, 0.3) is 0 Å². The third-order valence-electron chi connectivity index (χ3n) is 6.53. The van der Waals surface area contributed by atoms with Gasteiger partial charge in [0.05, 0.1) is 7.11 Å². The predicted octanol–water partition coefficient (Wildman–Crippen LogP) is 3.93. The average molecular weight is 442 g/mol. The molecular weight excluding hydrogens is 414 g/mol. The Morgan fingerprint density at radius 2 is 1.88 bits per heavy atom. The largest absolute Gasteiger partial charge is 0.497 e. The predicted molar refractivity (Wildman–Crippen MR) is 127 cm³/mol. The highest BCUT2D eigenvalue weighted by molar-refractivity contribution is 6.00. The van der Waals surface area contributed by atoms with E-state index in [1.807, 2.05) is 23.1 Å². The van der Waals surface area contributed by atoms with Crippen molar-refractivity contribution in [2.45, 2.75) is 32.7 Å². The molecule has 168 valence electrons. The van der Waals surface area contributed by atoms with Gasteiger partial charge in [-0.3, -0.25) is 14.5 Å². The van der Waals surface area contributed by atoms with Crippen molar-refractivity contribution < 1.29 is 14.3 Å². The van der Waals surface area contributed by atoms with Crippen LogP contribution in [0.3, 0.4) is 0 Å². The van der Waals surface area contributed by atoms with Crippen LogP contribution in [0, 0.1) is 6.92 Å². The Kier molecular flexibility index (Phi) is 5.58. The van der Waals surface area contributed by atoms with Crippen molar-refractivity contribution >= 4 is 17.6 Å². The maximum Gasteiger partial charge on any atom is 0.243 e. The second-order valence-corrected chi connectivity index (χ2v) is 8.76. The zero-order valence-corrected chi connectivity index (χ0v) is 19.0. The standard InChI is InChI=1S/C27H27N3O3/c1-18-4-3-5-20(12-18)22-13-21-7-9-25(31)30(27(21)28-15-22)17-26(32)29-11-10-19-6-8-24(33-2)14-23(19)16-29/h3-6,8,12-15H,7,9-11,16-17H2,1-2H3. The van der Waals surface area contributed by atoms with Crippen LogP contribution in [-0.2, 0) is 29.0 Å². The first-order valence-corrected chi connectivity index (χ1v) is 11.3. The van der Waals surface area contributed by atoms with Crippen molar-refractivity contribution in [3.8, 4) is 16.9 Å². The Morgan fingerprint density at radius 1 is 1.00 bits per heavy atom. The van der Waals surface area contributed by atoms with Crippen molar-refractivity contribution in [3.05, 3.63) is 77.0 Å². The molecule has 2 amide bonds. The van der Waals surface area contributed by atoms with Gasteiger partial charge < -0.3 is 9.64 Å². The molecule has 2 aliphatic heterocycles. The SMILES string of the molecule is COc1ccc2c(c1)CN(C(=O)CN1C(=O)CCc3cc(-c4cccc(C)c4)cnc31)CC2. The van der Waals surface area contributed by atoms with Crippen LogP contribution >= 0.6 is 0 Å². The van der Waals surface area contributed by atoms with E-state index in [-0.39, 0.29) is 18.4 Å². The number of rotatable bonds is 4. The summed E-state index contributed by atoms with van der Waals surface area (Å²) in [5.74, 6) is 1.28. The Bertz CT molecular complexity index is 1240. The number of fused-ring (bicyclic) bond motifs is 2. The number of aromatic nitrogens is 1. The summed E-state index contributed by atoms with van der Waals surface area (Å²) >= 11 is 0. The summed E-state index contributed by atoms with van der Waals surface area (Å²) in [6.45, 7) is 3.26. The maximum atomic E-state index is 13.2. The third-order valence-corrected chi connectivity index (χ3v) is 6.53. The number of methoxy groups -OCH3 is 1. The molecule has 6 heteroatoms. The topological polar surface area (TPSA) is 62.7 Å². The quantitative estimate of drug-likeness (QED) is 0.616. The van der Waals surface area contributed by atoms with E-state index in [4.69, 9.17) is 4.74 Å². The highest BCUT2D eigenvalue weighted by atomic mass is 16.5. The molecule has 0 saturated heterocycles. The van der Waals surface area contributed by atoms with E-state index in [2.05, 4.69) is 42.2 Å². The Morgan fingerprint density at radius 3 is 2.70 bits per heavy atom. The van der Waals surface area contributed by atoms with E-state index in [0.29, 0.717) is 31.7 Å². The molecule has 0 N–H and O–H groups in total. The summed E-state index contributed by atoms with van der Waals surface area (Å²) in [6, 6.07) is 16.4. The zero-order valence-electron chi connectivity index (χ0n) is 19.0. The molecule has 0 unspecified atom stereocenters. The number of carbonyl (C=O) groups excluding carboxylic acids is 2.